The lowest BCUT2D eigenvalue weighted by Crippen LogP contribution is -2.45. The quantitative estimate of drug-likeness (QED) is 0.839. The number of hydrogen-bond donors (Lipinski definition) is 2. The minimum absolute atomic E-state index is 0.0174. The minimum atomic E-state index is -0.766. The maximum absolute atomic E-state index is 13.5. The molecule has 0 radical (unpaired) electrons. The van der Waals surface area contributed by atoms with E-state index in [0.29, 0.717) is 12.5 Å². The minimum Gasteiger partial charge on any atom is -0.340 e. The standard InChI is InChI=1S/C16H17F2N5O/c17-12-4-5-14(13(18)9-12)21-22-15(24)11-3-1-8-23(10-11)16-19-6-2-7-20-16/h2,4-7,9,11,21H,1,3,8,10H2,(H,22,24). The van der Waals surface area contributed by atoms with Gasteiger partial charge >= 0.3 is 0 Å². The van der Waals surface area contributed by atoms with Gasteiger partial charge in [-0.05, 0) is 31.0 Å². The summed E-state index contributed by atoms with van der Waals surface area (Å²) >= 11 is 0. The zero-order chi connectivity index (χ0) is 16.9. The number of amides is 1. The summed E-state index contributed by atoms with van der Waals surface area (Å²) in [6.07, 6.45) is 4.87. The third kappa shape index (κ3) is 3.76. The summed E-state index contributed by atoms with van der Waals surface area (Å²) in [5.74, 6) is -1.36. The summed E-state index contributed by atoms with van der Waals surface area (Å²) in [7, 11) is 0. The fourth-order valence-corrected chi connectivity index (χ4v) is 2.65. The highest BCUT2D eigenvalue weighted by Crippen LogP contribution is 2.20. The Bertz CT molecular complexity index is 713. The topological polar surface area (TPSA) is 70.2 Å². The summed E-state index contributed by atoms with van der Waals surface area (Å²) in [6.45, 7) is 1.28. The van der Waals surface area contributed by atoms with Crippen molar-refractivity contribution in [3.63, 3.8) is 0 Å². The zero-order valence-electron chi connectivity index (χ0n) is 12.9. The monoisotopic (exact) mass is 333 g/mol. The number of halogens is 2. The highest BCUT2D eigenvalue weighted by molar-refractivity contribution is 5.80. The van der Waals surface area contributed by atoms with Crippen molar-refractivity contribution in [2.45, 2.75) is 12.8 Å². The van der Waals surface area contributed by atoms with Crippen LogP contribution in [0.1, 0.15) is 12.8 Å². The summed E-state index contributed by atoms with van der Waals surface area (Å²) in [6, 6.07) is 4.84. The molecule has 0 saturated carbocycles. The number of nitrogens with zero attached hydrogens (tertiary/aromatic N) is 3. The maximum atomic E-state index is 13.5. The van der Waals surface area contributed by atoms with Gasteiger partial charge in [0.25, 0.3) is 0 Å². The zero-order valence-corrected chi connectivity index (χ0v) is 12.9. The van der Waals surface area contributed by atoms with Crippen molar-refractivity contribution in [2.75, 3.05) is 23.4 Å². The maximum Gasteiger partial charge on any atom is 0.243 e. The molecule has 1 aliphatic heterocycles. The van der Waals surface area contributed by atoms with Crippen molar-refractivity contribution in [2.24, 2.45) is 5.92 Å². The summed E-state index contributed by atoms with van der Waals surface area (Å²) < 4.78 is 26.4. The molecule has 1 unspecified atom stereocenters. The van der Waals surface area contributed by atoms with Crippen LogP contribution in [0.4, 0.5) is 20.4 Å². The second-order valence-corrected chi connectivity index (χ2v) is 5.57. The van der Waals surface area contributed by atoms with Crippen LogP contribution in [0.2, 0.25) is 0 Å². The average Bonchev–Trinajstić information content (AvgIpc) is 2.61. The van der Waals surface area contributed by atoms with E-state index < -0.39 is 11.6 Å². The average molecular weight is 333 g/mol. The molecular formula is C16H17F2N5O. The van der Waals surface area contributed by atoms with Crippen LogP contribution >= 0.6 is 0 Å². The van der Waals surface area contributed by atoms with Gasteiger partial charge in [-0.15, -0.1) is 0 Å². The number of piperidine rings is 1. The number of nitrogens with one attached hydrogen (secondary N) is 2. The number of hydrogen-bond acceptors (Lipinski definition) is 5. The first-order valence-electron chi connectivity index (χ1n) is 7.66. The van der Waals surface area contributed by atoms with Crippen LogP contribution < -0.4 is 15.8 Å². The van der Waals surface area contributed by atoms with Gasteiger partial charge in [0, 0.05) is 31.5 Å². The molecule has 0 aliphatic carbocycles. The van der Waals surface area contributed by atoms with E-state index in [1.54, 1.807) is 18.5 Å². The van der Waals surface area contributed by atoms with E-state index in [1.807, 2.05) is 4.90 Å². The highest BCUT2D eigenvalue weighted by atomic mass is 19.1. The lowest BCUT2D eigenvalue weighted by molar-refractivity contribution is -0.124. The Morgan fingerprint density at radius 3 is 2.79 bits per heavy atom. The number of rotatable bonds is 4. The second-order valence-electron chi connectivity index (χ2n) is 5.57. The van der Waals surface area contributed by atoms with Crippen LogP contribution in [0.15, 0.2) is 36.7 Å². The van der Waals surface area contributed by atoms with Gasteiger partial charge in [0.15, 0.2) is 5.82 Å². The number of anilines is 2. The largest absolute Gasteiger partial charge is 0.340 e. The molecule has 3 rings (SSSR count). The Morgan fingerprint density at radius 1 is 1.25 bits per heavy atom. The van der Waals surface area contributed by atoms with E-state index in [0.717, 1.165) is 31.5 Å². The number of hydrazine groups is 1. The molecular weight excluding hydrogens is 316 g/mol. The smallest absolute Gasteiger partial charge is 0.243 e. The van der Waals surface area contributed by atoms with Gasteiger partial charge in [-0.1, -0.05) is 0 Å². The van der Waals surface area contributed by atoms with Crippen molar-refractivity contribution in [1.82, 2.24) is 15.4 Å². The SMILES string of the molecule is O=C(NNc1ccc(F)cc1F)C1CCCN(c2ncccn2)C1. The van der Waals surface area contributed by atoms with Crippen LogP contribution in [0.5, 0.6) is 0 Å². The fourth-order valence-electron chi connectivity index (χ4n) is 2.65. The molecule has 1 fully saturated rings. The fraction of sp³-hybridized carbons (Fsp3) is 0.312. The van der Waals surface area contributed by atoms with Crippen molar-refractivity contribution >= 4 is 17.5 Å². The van der Waals surface area contributed by atoms with Crippen LogP contribution in [0.3, 0.4) is 0 Å². The lowest BCUT2D eigenvalue weighted by atomic mass is 9.98. The summed E-state index contributed by atoms with van der Waals surface area (Å²) in [4.78, 5) is 22.6. The first kappa shape index (κ1) is 16.1. The Morgan fingerprint density at radius 2 is 2.04 bits per heavy atom. The van der Waals surface area contributed by atoms with Gasteiger partial charge in [-0.2, -0.15) is 0 Å². The predicted molar refractivity (Wildman–Crippen MR) is 85.1 cm³/mol. The Kier molecular flexibility index (Phi) is 4.83. The molecule has 8 heteroatoms. The second kappa shape index (κ2) is 7.20. The number of aromatic nitrogens is 2. The van der Waals surface area contributed by atoms with Gasteiger partial charge in [0.05, 0.1) is 11.6 Å². The Hall–Kier alpha value is -2.77. The number of benzene rings is 1. The molecule has 6 nitrogen and oxygen atoms in total. The van der Waals surface area contributed by atoms with Crippen molar-refractivity contribution < 1.29 is 13.6 Å². The van der Waals surface area contributed by atoms with Gasteiger partial charge < -0.3 is 4.90 Å². The molecule has 0 bridgehead atoms. The molecule has 1 amide bonds. The first-order valence-corrected chi connectivity index (χ1v) is 7.66. The van der Waals surface area contributed by atoms with Crippen molar-refractivity contribution in [3.8, 4) is 0 Å². The molecule has 1 aromatic heterocycles. The lowest BCUT2D eigenvalue weighted by Gasteiger charge is -2.31. The molecule has 126 valence electrons. The van der Waals surface area contributed by atoms with Gasteiger partial charge in [0.1, 0.15) is 5.82 Å². The molecule has 2 aromatic rings. The van der Waals surface area contributed by atoms with Gasteiger partial charge in [-0.3, -0.25) is 15.6 Å². The van der Waals surface area contributed by atoms with E-state index >= 15 is 0 Å². The van der Waals surface area contributed by atoms with Crippen molar-refractivity contribution in [3.05, 3.63) is 48.3 Å². The third-order valence-electron chi connectivity index (χ3n) is 3.88. The Labute approximate surface area is 137 Å². The molecule has 1 atom stereocenters. The number of carbonyl (C=O) groups excluding carboxylic acids is 1. The van der Waals surface area contributed by atoms with Crippen LogP contribution in [0, 0.1) is 17.6 Å². The van der Waals surface area contributed by atoms with E-state index in [1.165, 1.54) is 6.07 Å². The third-order valence-corrected chi connectivity index (χ3v) is 3.88. The molecule has 2 N–H and O–H groups in total. The summed E-state index contributed by atoms with van der Waals surface area (Å²) in [5, 5.41) is 0. The Balaban J connectivity index is 1.58. The van der Waals surface area contributed by atoms with E-state index in [2.05, 4.69) is 20.8 Å². The van der Waals surface area contributed by atoms with Crippen molar-refractivity contribution in [1.29, 1.82) is 0 Å². The normalized spacial score (nSPS) is 17.4. The molecule has 24 heavy (non-hydrogen) atoms. The van der Waals surface area contributed by atoms with E-state index in [-0.39, 0.29) is 17.5 Å². The summed E-state index contributed by atoms with van der Waals surface area (Å²) in [5.41, 5.74) is 5.00. The molecule has 1 aliphatic rings. The van der Waals surface area contributed by atoms with Crippen LogP contribution in [0.25, 0.3) is 0 Å². The first-order chi connectivity index (χ1) is 11.6. The number of carbonyl (C=O) groups is 1. The van der Waals surface area contributed by atoms with E-state index in [4.69, 9.17) is 0 Å². The molecule has 2 heterocycles. The predicted octanol–water partition coefficient (Wildman–Crippen LogP) is 2.11. The highest BCUT2D eigenvalue weighted by Gasteiger charge is 2.27. The molecule has 0 spiro atoms. The van der Waals surface area contributed by atoms with Crippen LogP contribution in [-0.4, -0.2) is 29.0 Å². The molecule has 1 saturated heterocycles. The molecule has 1 aromatic carbocycles. The van der Waals surface area contributed by atoms with Gasteiger partial charge in [0.2, 0.25) is 11.9 Å². The van der Waals surface area contributed by atoms with E-state index in [9.17, 15) is 13.6 Å². The van der Waals surface area contributed by atoms with Gasteiger partial charge in [-0.25, -0.2) is 18.7 Å². The van der Waals surface area contributed by atoms with Crippen LogP contribution in [-0.2, 0) is 4.79 Å².